The molecule has 1 atom stereocenters. The summed E-state index contributed by atoms with van der Waals surface area (Å²) in [7, 11) is -3.89. The minimum atomic E-state index is -3.89. The zero-order chi connectivity index (χ0) is 31.1. The van der Waals surface area contributed by atoms with Crippen LogP contribution in [0.15, 0.2) is 77.3 Å². The third-order valence-electron chi connectivity index (χ3n) is 8.09. The molecule has 11 heteroatoms. The van der Waals surface area contributed by atoms with Gasteiger partial charge in [-0.3, -0.25) is 13.9 Å². The lowest BCUT2D eigenvalue weighted by Gasteiger charge is -2.35. The van der Waals surface area contributed by atoms with Crippen molar-refractivity contribution in [2.24, 2.45) is 0 Å². The number of rotatable bonds is 12. The van der Waals surface area contributed by atoms with E-state index in [2.05, 4.69) is 21.2 Å². The average Bonchev–Trinajstić information content (AvgIpc) is 3.50. The summed E-state index contributed by atoms with van der Waals surface area (Å²) in [4.78, 5) is 30.0. The second-order valence-corrected chi connectivity index (χ2v) is 14.2. The van der Waals surface area contributed by atoms with Gasteiger partial charge in [-0.1, -0.05) is 77.7 Å². The quantitative estimate of drug-likeness (QED) is 0.273. The summed E-state index contributed by atoms with van der Waals surface area (Å²) < 4.78 is 39.7. The first-order chi connectivity index (χ1) is 21.2. The maximum absolute atomic E-state index is 14.4. The molecule has 1 saturated carbocycles. The van der Waals surface area contributed by atoms with Crippen molar-refractivity contribution in [2.75, 3.05) is 23.4 Å². The van der Waals surface area contributed by atoms with E-state index in [0.717, 1.165) is 52.0 Å². The number of sulfonamides is 1. The van der Waals surface area contributed by atoms with Crippen LogP contribution in [0.4, 0.5) is 5.69 Å². The van der Waals surface area contributed by atoms with Crippen LogP contribution in [-0.4, -0.2) is 56.3 Å². The number of carbonyl (C=O) groups is 2. The molecule has 1 aliphatic heterocycles. The Balaban J connectivity index is 1.51. The number of benzene rings is 3. The monoisotopic (exact) mass is 683 g/mol. The highest BCUT2D eigenvalue weighted by molar-refractivity contribution is 9.10. The van der Waals surface area contributed by atoms with Crippen LogP contribution in [-0.2, 0) is 32.6 Å². The van der Waals surface area contributed by atoms with E-state index in [4.69, 9.17) is 9.47 Å². The molecule has 9 nitrogen and oxygen atoms in total. The van der Waals surface area contributed by atoms with Gasteiger partial charge in [-0.15, -0.1) is 0 Å². The lowest BCUT2D eigenvalue weighted by Crippen LogP contribution is -2.55. The Kier molecular flexibility index (Phi) is 10.5. The first-order valence-corrected chi connectivity index (χ1v) is 17.4. The number of amides is 2. The molecule has 3 aromatic rings. The zero-order valence-corrected chi connectivity index (χ0v) is 27.2. The Bertz CT molecular complexity index is 1560. The lowest BCUT2D eigenvalue weighted by molar-refractivity contribution is -0.140. The van der Waals surface area contributed by atoms with Crippen LogP contribution < -0.4 is 19.1 Å². The van der Waals surface area contributed by atoms with Crippen molar-refractivity contribution in [3.05, 3.63) is 88.4 Å². The molecule has 0 bridgehead atoms. The normalized spacial score (nSPS) is 15.4. The number of hydrogen-bond acceptors (Lipinski definition) is 6. The van der Waals surface area contributed by atoms with E-state index < -0.39 is 28.5 Å². The molecule has 44 heavy (non-hydrogen) atoms. The van der Waals surface area contributed by atoms with Gasteiger partial charge < -0.3 is 19.7 Å². The summed E-state index contributed by atoms with van der Waals surface area (Å²) in [6.07, 6.45) is 5.33. The first kappa shape index (κ1) is 31.8. The second-order valence-electron chi connectivity index (χ2n) is 11.1. The van der Waals surface area contributed by atoms with Gasteiger partial charge in [-0.2, -0.15) is 0 Å². The SMILES string of the molecule is CCS(=O)(=O)N(CC(=O)N(Cc1cccc(Br)c1)C(Cc1ccccc1)C(=O)NC1CCCCC1)c1ccc2c(c1)OCO2. The highest BCUT2D eigenvalue weighted by Gasteiger charge is 2.35. The van der Waals surface area contributed by atoms with Crippen LogP contribution in [0.3, 0.4) is 0 Å². The minimum absolute atomic E-state index is 0.0376. The van der Waals surface area contributed by atoms with E-state index in [9.17, 15) is 18.0 Å². The molecule has 1 aliphatic carbocycles. The van der Waals surface area contributed by atoms with Gasteiger partial charge in [0, 0.05) is 29.5 Å². The van der Waals surface area contributed by atoms with Crippen molar-refractivity contribution in [2.45, 2.75) is 64.1 Å². The van der Waals surface area contributed by atoms with Crippen molar-refractivity contribution in [1.82, 2.24) is 10.2 Å². The Hall–Kier alpha value is -3.57. The largest absolute Gasteiger partial charge is 0.454 e. The molecule has 3 aromatic carbocycles. The predicted molar refractivity (Wildman–Crippen MR) is 173 cm³/mol. The molecule has 1 fully saturated rings. The molecular formula is C33H38BrN3O6S. The fourth-order valence-corrected chi connectivity index (χ4v) is 7.19. The number of anilines is 1. The van der Waals surface area contributed by atoms with E-state index in [-0.39, 0.29) is 43.1 Å². The van der Waals surface area contributed by atoms with Crippen molar-refractivity contribution >= 4 is 43.5 Å². The number of nitrogens with zero attached hydrogens (tertiary/aromatic N) is 2. The Morgan fingerprint density at radius 2 is 1.66 bits per heavy atom. The number of halogens is 1. The van der Waals surface area contributed by atoms with Crippen molar-refractivity contribution in [1.29, 1.82) is 0 Å². The van der Waals surface area contributed by atoms with Gasteiger partial charge in [0.05, 0.1) is 11.4 Å². The minimum Gasteiger partial charge on any atom is -0.454 e. The summed E-state index contributed by atoms with van der Waals surface area (Å²) in [5, 5.41) is 3.22. The second kappa shape index (κ2) is 14.5. The smallest absolute Gasteiger partial charge is 0.244 e. The third-order valence-corrected chi connectivity index (χ3v) is 10.3. The van der Waals surface area contributed by atoms with Gasteiger partial charge in [0.2, 0.25) is 28.6 Å². The molecule has 1 unspecified atom stereocenters. The Morgan fingerprint density at radius 3 is 2.39 bits per heavy atom. The van der Waals surface area contributed by atoms with Crippen LogP contribution in [0.5, 0.6) is 11.5 Å². The molecular weight excluding hydrogens is 646 g/mol. The van der Waals surface area contributed by atoms with Gasteiger partial charge in [0.1, 0.15) is 12.6 Å². The maximum atomic E-state index is 14.4. The highest BCUT2D eigenvalue weighted by atomic mass is 79.9. The van der Waals surface area contributed by atoms with Crippen molar-refractivity contribution < 1.29 is 27.5 Å². The van der Waals surface area contributed by atoms with Gasteiger partial charge in [-0.05, 0) is 55.2 Å². The summed E-state index contributed by atoms with van der Waals surface area (Å²) in [5.74, 6) is -0.0225. The van der Waals surface area contributed by atoms with E-state index in [0.29, 0.717) is 11.5 Å². The van der Waals surface area contributed by atoms with Crippen molar-refractivity contribution in [3.63, 3.8) is 0 Å². The fraction of sp³-hybridized carbons (Fsp3) is 0.394. The molecule has 1 heterocycles. The molecule has 0 saturated heterocycles. The van der Waals surface area contributed by atoms with Gasteiger partial charge in [0.15, 0.2) is 11.5 Å². The predicted octanol–water partition coefficient (Wildman–Crippen LogP) is 5.42. The van der Waals surface area contributed by atoms with Crippen LogP contribution >= 0.6 is 15.9 Å². The highest BCUT2D eigenvalue weighted by Crippen LogP contribution is 2.36. The Labute approximate surface area is 267 Å². The molecule has 2 amide bonds. The topological polar surface area (TPSA) is 105 Å². The third kappa shape index (κ3) is 7.92. The number of nitrogens with one attached hydrogen (secondary N) is 1. The standard InChI is InChI=1S/C33H38BrN3O6S/c1-2-44(40,41)37(28-16-17-30-31(20-28)43-23-42-30)22-32(38)36(21-25-12-9-13-26(34)18-25)29(19-24-10-5-3-6-11-24)33(39)35-27-14-7-4-8-15-27/h3,5-6,9-13,16-18,20,27,29H,2,4,7-8,14-15,19,21-23H2,1H3,(H,35,39). The lowest BCUT2D eigenvalue weighted by atomic mass is 9.94. The molecule has 2 aliphatic rings. The summed E-state index contributed by atoms with van der Waals surface area (Å²) in [6, 6.07) is 21.1. The van der Waals surface area contributed by atoms with Crippen LogP contribution in [0.1, 0.15) is 50.2 Å². The molecule has 0 spiro atoms. The molecule has 5 rings (SSSR count). The van der Waals surface area contributed by atoms with E-state index in [1.165, 1.54) is 11.8 Å². The maximum Gasteiger partial charge on any atom is 0.244 e. The number of fused-ring (bicyclic) bond motifs is 1. The molecule has 0 aromatic heterocycles. The fourth-order valence-electron chi connectivity index (χ4n) is 5.69. The number of carbonyl (C=O) groups excluding carboxylic acids is 2. The van der Waals surface area contributed by atoms with Crippen LogP contribution in [0.25, 0.3) is 0 Å². The summed E-state index contributed by atoms with van der Waals surface area (Å²) >= 11 is 3.51. The summed E-state index contributed by atoms with van der Waals surface area (Å²) in [6.45, 7) is 1.21. The summed E-state index contributed by atoms with van der Waals surface area (Å²) in [5.41, 5.74) is 2.00. The van der Waals surface area contributed by atoms with Crippen LogP contribution in [0.2, 0.25) is 0 Å². The number of hydrogen-bond donors (Lipinski definition) is 1. The molecule has 0 radical (unpaired) electrons. The first-order valence-electron chi connectivity index (χ1n) is 15.0. The van der Waals surface area contributed by atoms with Crippen molar-refractivity contribution in [3.8, 4) is 11.5 Å². The zero-order valence-electron chi connectivity index (χ0n) is 24.8. The van der Waals surface area contributed by atoms with Gasteiger partial charge in [-0.25, -0.2) is 8.42 Å². The average molecular weight is 685 g/mol. The van der Waals surface area contributed by atoms with E-state index >= 15 is 0 Å². The molecule has 1 N–H and O–H groups in total. The van der Waals surface area contributed by atoms with Gasteiger partial charge in [0.25, 0.3) is 0 Å². The Morgan fingerprint density at radius 1 is 0.932 bits per heavy atom. The number of ether oxygens (including phenoxy) is 2. The van der Waals surface area contributed by atoms with Gasteiger partial charge >= 0.3 is 0 Å². The van der Waals surface area contributed by atoms with Crippen LogP contribution in [0, 0.1) is 0 Å². The molecule has 234 valence electrons. The van der Waals surface area contributed by atoms with E-state index in [1.807, 2.05) is 54.6 Å². The van der Waals surface area contributed by atoms with E-state index in [1.54, 1.807) is 18.2 Å².